The Morgan fingerprint density at radius 1 is 0.967 bits per heavy atom. The Bertz CT molecular complexity index is 1210. The van der Waals surface area contributed by atoms with Crippen LogP contribution >= 0.6 is 11.6 Å². The minimum Gasteiger partial charge on any atom is -0.495 e. The molecular weight excluding hydrogens is 424 g/mol. The van der Waals surface area contributed by atoms with Crippen molar-refractivity contribution in [3.8, 4) is 5.75 Å². The van der Waals surface area contributed by atoms with Gasteiger partial charge in [0.05, 0.1) is 23.5 Å². The Morgan fingerprint density at radius 3 is 2.40 bits per heavy atom. The molecule has 2 N–H and O–H groups in total. The predicted octanol–water partition coefficient (Wildman–Crippen LogP) is 5.02. The number of methoxy groups -OCH3 is 1. The largest absolute Gasteiger partial charge is 0.495 e. The van der Waals surface area contributed by atoms with Crippen LogP contribution in [0.5, 0.6) is 5.75 Å². The van der Waals surface area contributed by atoms with Crippen molar-refractivity contribution >= 4 is 38.9 Å². The molecule has 0 bridgehead atoms. The summed E-state index contributed by atoms with van der Waals surface area (Å²) in [4.78, 5) is 12.5. The second-order valence-corrected chi connectivity index (χ2v) is 8.71. The smallest absolute Gasteiger partial charge is 0.263 e. The van der Waals surface area contributed by atoms with Gasteiger partial charge in [0.1, 0.15) is 10.6 Å². The number of halogens is 1. The quantitative estimate of drug-likeness (QED) is 0.559. The number of carbonyl (C=O) groups is 1. The van der Waals surface area contributed by atoms with Crippen LogP contribution in [0.4, 0.5) is 11.4 Å². The first-order chi connectivity index (χ1) is 14.2. The van der Waals surface area contributed by atoms with Crippen molar-refractivity contribution in [3.63, 3.8) is 0 Å². The zero-order chi connectivity index (χ0) is 21.9. The van der Waals surface area contributed by atoms with Gasteiger partial charge in [0.25, 0.3) is 15.9 Å². The summed E-state index contributed by atoms with van der Waals surface area (Å²) in [6, 6.07) is 16.4. The maximum Gasteiger partial charge on any atom is 0.263 e. The van der Waals surface area contributed by atoms with E-state index in [9.17, 15) is 13.2 Å². The van der Waals surface area contributed by atoms with E-state index in [1.807, 2.05) is 19.9 Å². The molecule has 0 saturated carbocycles. The molecule has 0 aliphatic heterocycles. The highest BCUT2D eigenvalue weighted by atomic mass is 35.5. The minimum absolute atomic E-state index is 0.0154. The van der Waals surface area contributed by atoms with Gasteiger partial charge in [-0.1, -0.05) is 35.9 Å². The van der Waals surface area contributed by atoms with Gasteiger partial charge < -0.3 is 10.1 Å². The first-order valence-electron chi connectivity index (χ1n) is 9.06. The number of hydrogen-bond acceptors (Lipinski definition) is 4. The number of nitrogens with one attached hydrogen (secondary N) is 2. The van der Waals surface area contributed by atoms with E-state index >= 15 is 0 Å². The average molecular weight is 445 g/mol. The molecule has 0 fully saturated rings. The lowest BCUT2D eigenvalue weighted by molar-refractivity contribution is 0.102. The van der Waals surface area contributed by atoms with Crippen LogP contribution in [0.15, 0.2) is 65.6 Å². The van der Waals surface area contributed by atoms with Gasteiger partial charge in [-0.2, -0.15) is 0 Å². The van der Waals surface area contributed by atoms with Gasteiger partial charge in [0.15, 0.2) is 0 Å². The number of hydrogen-bond donors (Lipinski definition) is 2. The maximum atomic E-state index is 13.0. The minimum atomic E-state index is -4.01. The molecule has 0 aliphatic rings. The van der Waals surface area contributed by atoms with Gasteiger partial charge >= 0.3 is 0 Å². The molecule has 30 heavy (non-hydrogen) atoms. The molecule has 0 heterocycles. The highest BCUT2D eigenvalue weighted by molar-refractivity contribution is 7.92. The maximum absolute atomic E-state index is 13.0. The molecule has 3 aromatic rings. The molecular formula is C22H21ClN2O4S. The number of sulfonamides is 1. The number of rotatable bonds is 6. The summed E-state index contributed by atoms with van der Waals surface area (Å²) >= 11 is 6.16. The number of para-hydroxylation sites is 2. The van der Waals surface area contributed by atoms with E-state index in [0.29, 0.717) is 17.1 Å². The molecule has 0 spiro atoms. The van der Waals surface area contributed by atoms with Crippen molar-refractivity contribution in [1.29, 1.82) is 0 Å². The number of amides is 1. The Hall–Kier alpha value is -3.03. The third-order valence-corrected chi connectivity index (χ3v) is 6.53. The molecule has 0 saturated heterocycles. The van der Waals surface area contributed by atoms with Crippen LogP contribution in [0.3, 0.4) is 0 Å². The lowest BCUT2D eigenvalue weighted by atomic mass is 10.1. The van der Waals surface area contributed by atoms with E-state index in [1.165, 1.54) is 25.3 Å². The summed E-state index contributed by atoms with van der Waals surface area (Å²) in [5.74, 6) is 0.00333. The molecule has 1 amide bonds. The van der Waals surface area contributed by atoms with Crippen LogP contribution in [-0.2, 0) is 10.0 Å². The van der Waals surface area contributed by atoms with Crippen molar-refractivity contribution in [1.82, 2.24) is 0 Å². The van der Waals surface area contributed by atoms with Gasteiger partial charge in [-0.15, -0.1) is 0 Å². The Morgan fingerprint density at radius 2 is 1.67 bits per heavy atom. The van der Waals surface area contributed by atoms with Gasteiger partial charge in [-0.25, -0.2) is 8.42 Å². The van der Waals surface area contributed by atoms with E-state index in [1.54, 1.807) is 36.4 Å². The topological polar surface area (TPSA) is 84.5 Å². The van der Waals surface area contributed by atoms with E-state index in [-0.39, 0.29) is 15.5 Å². The standard InChI is InChI=1S/C22H21ClN2O4S/c1-14-7-6-9-18(15(14)2)25-30(27,28)21-13-16(11-12-17(21)23)22(26)24-19-8-4-5-10-20(19)29-3/h4-13,25H,1-3H3,(H,24,26). The van der Waals surface area contributed by atoms with E-state index < -0.39 is 15.9 Å². The summed E-state index contributed by atoms with van der Waals surface area (Å²) in [5, 5.41) is 2.74. The summed E-state index contributed by atoms with van der Waals surface area (Å²) in [6.07, 6.45) is 0. The fourth-order valence-corrected chi connectivity index (χ4v) is 4.50. The van der Waals surface area contributed by atoms with Crippen molar-refractivity contribution < 1.29 is 17.9 Å². The normalized spacial score (nSPS) is 11.1. The van der Waals surface area contributed by atoms with E-state index in [0.717, 1.165) is 11.1 Å². The van der Waals surface area contributed by atoms with Crippen molar-refractivity contribution in [2.45, 2.75) is 18.7 Å². The third-order valence-electron chi connectivity index (χ3n) is 4.69. The number of carbonyl (C=O) groups excluding carboxylic acids is 1. The fourth-order valence-electron chi connectivity index (χ4n) is 2.85. The molecule has 0 unspecified atom stereocenters. The zero-order valence-electron chi connectivity index (χ0n) is 16.7. The second-order valence-electron chi connectivity index (χ2n) is 6.65. The molecule has 6 nitrogen and oxygen atoms in total. The number of benzene rings is 3. The van der Waals surface area contributed by atoms with Gasteiger partial charge in [-0.3, -0.25) is 9.52 Å². The number of aryl methyl sites for hydroxylation is 1. The Kier molecular flexibility index (Phi) is 6.34. The molecule has 3 aromatic carbocycles. The Balaban J connectivity index is 1.92. The average Bonchev–Trinajstić information content (AvgIpc) is 2.72. The zero-order valence-corrected chi connectivity index (χ0v) is 18.3. The first kappa shape index (κ1) is 21.7. The summed E-state index contributed by atoms with van der Waals surface area (Å²) in [7, 11) is -2.51. The molecule has 3 rings (SSSR count). The molecule has 156 valence electrons. The van der Waals surface area contributed by atoms with Crippen LogP contribution in [0.25, 0.3) is 0 Å². The fraction of sp³-hybridized carbons (Fsp3) is 0.136. The lowest BCUT2D eigenvalue weighted by Gasteiger charge is -2.14. The van der Waals surface area contributed by atoms with Gasteiger partial charge in [0.2, 0.25) is 0 Å². The van der Waals surface area contributed by atoms with E-state index in [2.05, 4.69) is 10.0 Å². The van der Waals surface area contributed by atoms with Crippen LogP contribution < -0.4 is 14.8 Å². The lowest BCUT2D eigenvalue weighted by Crippen LogP contribution is -2.17. The monoisotopic (exact) mass is 444 g/mol. The molecule has 0 aromatic heterocycles. The highest BCUT2D eigenvalue weighted by Gasteiger charge is 2.21. The summed E-state index contributed by atoms with van der Waals surface area (Å²) < 4.78 is 33.7. The first-order valence-corrected chi connectivity index (χ1v) is 10.9. The van der Waals surface area contributed by atoms with Crippen LogP contribution in [0.1, 0.15) is 21.5 Å². The number of anilines is 2. The number of ether oxygens (including phenoxy) is 1. The second kappa shape index (κ2) is 8.77. The van der Waals surface area contributed by atoms with Crippen LogP contribution in [-0.4, -0.2) is 21.4 Å². The van der Waals surface area contributed by atoms with Crippen molar-refractivity contribution in [2.75, 3.05) is 17.1 Å². The molecule has 8 heteroatoms. The highest BCUT2D eigenvalue weighted by Crippen LogP contribution is 2.28. The van der Waals surface area contributed by atoms with Crippen molar-refractivity contribution in [3.05, 3.63) is 82.4 Å². The third kappa shape index (κ3) is 4.58. The molecule has 0 atom stereocenters. The van der Waals surface area contributed by atoms with Crippen LogP contribution in [0.2, 0.25) is 5.02 Å². The predicted molar refractivity (Wildman–Crippen MR) is 119 cm³/mol. The van der Waals surface area contributed by atoms with E-state index in [4.69, 9.17) is 16.3 Å². The van der Waals surface area contributed by atoms with Gasteiger partial charge in [-0.05, 0) is 61.4 Å². The molecule has 0 radical (unpaired) electrons. The Labute approximate surface area is 180 Å². The SMILES string of the molecule is COc1ccccc1NC(=O)c1ccc(Cl)c(S(=O)(=O)Nc2cccc(C)c2C)c1. The molecule has 0 aliphatic carbocycles. The van der Waals surface area contributed by atoms with Gasteiger partial charge in [0, 0.05) is 5.56 Å². The summed E-state index contributed by atoms with van der Waals surface area (Å²) in [6.45, 7) is 3.72. The summed E-state index contributed by atoms with van der Waals surface area (Å²) in [5.41, 5.74) is 2.83. The van der Waals surface area contributed by atoms with Crippen molar-refractivity contribution in [2.24, 2.45) is 0 Å². The van der Waals surface area contributed by atoms with Crippen LogP contribution in [0, 0.1) is 13.8 Å².